The van der Waals surface area contributed by atoms with E-state index in [1.807, 2.05) is 0 Å². The van der Waals surface area contributed by atoms with Crippen LogP contribution in [-0.2, 0) is 108 Å². The fourth-order valence-corrected chi connectivity index (χ4v) is 1.88. The molecule has 0 aromatic heterocycles. The Hall–Kier alpha value is 0.0317. The first kappa shape index (κ1) is 39.3. The van der Waals surface area contributed by atoms with Gasteiger partial charge < -0.3 is 9.47 Å². The second kappa shape index (κ2) is 22.8. The van der Waals surface area contributed by atoms with Crippen molar-refractivity contribution in [2.75, 3.05) is 14.2 Å². The Morgan fingerprint density at radius 2 is 0.938 bits per heavy atom. The van der Waals surface area contributed by atoms with Crippen molar-refractivity contribution in [3.8, 4) is 11.5 Å². The molecule has 0 bridgehead atoms. The minimum absolute atomic E-state index is 0. The number of hydrogen-bond donors (Lipinski definition) is 0. The molecular formula is C23H26O6Y3-2. The van der Waals surface area contributed by atoms with Gasteiger partial charge in [0, 0.05) is 109 Å². The van der Waals surface area contributed by atoms with E-state index in [-0.39, 0.29) is 128 Å². The molecule has 0 spiro atoms. The summed E-state index contributed by atoms with van der Waals surface area (Å²) in [5.41, 5.74) is 1.28. The van der Waals surface area contributed by atoms with E-state index >= 15 is 0 Å². The van der Waals surface area contributed by atoms with E-state index in [2.05, 4.69) is 12.1 Å². The van der Waals surface area contributed by atoms with Gasteiger partial charge >= 0.3 is 0 Å². The van der Waals surface area contributed by atoms with Crippen molar-refractivity contribution in [3.63, 3.8) is 0 Å². The molecule has 32 heavy (non-hydrogen) atoms. The molecule has 0 aliphatic carbocycles. The first-order chi connectivity index (χ1) is 13.6. The number of methoxy groups -OCH3 is 2. The van der Waals surface area contributed by atoms with Crippen molar-refractivity contribution in [1.29, 1.82) is 0 Å². The Morgan fingerprint density at radius 3 is 1.06 bits per heavy atom. The van der Waals surface area contributed by atoms with Crippen LogP contribution in [0, 0.1) is 12.1 Å². The average Bonchev–Trinajstić information content (AvgIpc) is 2.68. The van der Waals surface area contributed by atoms with E-state index in [4.69, 9.17) is 9.47 Å². The zero-order chi connectivity index (χ0) is 22.4. The standard InChI is InChI=1S/C10H10O2.C8H8O2.C5H8O2.3Y/c1-7(11)9-3-5-10(6-4-9)8(2)12;1-9-7-3-5-8(10-2)6-4-7;1-4(6)3-5(2)7;;;/h3-6H,1-2H3;3,6H,1-2H3;3H2,1-2H3;;;/q;-2;;;;. The fraction of sp³-hybridized carbons (Fsp3) is 0.304. The van der Waals surface area contributed by atoms with Crippen LogP contribution in [0.2, 0.25) is 0 Å². The van der Waals surface area contributed by atoms with Crippen molar-refractivity contribution in [3.05, 3.63) is 59.7 Å². The Labute approximate surface area is 266 Å². The van der Waals surface area contributed by atoms with Gasteiger partial charge in [-0.1, -0.05) is 24.3 Å². The monoisotopic (exact) mass is 665 g/mol. The van der Waals surface area contributed by atoms with Crippen LogP contribution in [-0.4, -0.2) is 37.4 Å². The summed E-state index contributed by atoms with van der Waals surface area (Å²) in [6.07, 6.45) is 0.0833. The Kier molecular flexibility index (Phi) is 28.0. The zero-order valence-corrected chi connectivity index (χ0v) is 27.9. The van der Waals surface area contributed by atoms with E-state index < -0.39 is 0 Å². The number of rotatable bonds is 6. The summed E-state index contributed by atoms with van der Waals surface area (Å²) in [6.45, 7) is 5.81. The first-order valence-electron chi connectivity index (χ1n) is 8.72. The summed E-state index contributed by atoms with van der Waals surface area (Å²) in [5, 5.41) is 0. The quantitative estimate of drug-likeness (QED) is 0.264. The minimum atomic E-state index is -0.0625. The predicted octanol–water partition coefficient (Wildman–Crippen LogP) is 3.94. The smallest absolute Gasteiger partial charge is 0.159 e. The molecule has 2 rings (SSSR count). The molecule has 0 aliphatic rings. The zero-order valence-electron chi connectivity index (χ0n) is 19.4. The minimum Gasteiger partial charge on any atom is -0.579 e. The normalized spacial score (nSPS) is 8.19. The molecule has 0 amide bonds. The summed E-state index contributed by atoms with van der Waals surface area (Å²) < 4.78 is 9.74. The van der Waals surface area contributed by atoms with Gasteiger partial charge in [0.05, 0.1) is 20.6 Å². The number of hydrogen-bond acceptors (Lipinski definition) is 6. The molecule has 6 nitrogen and oxygen atoms in total. The number of carbonyl (C=O) groups is 4. The number of benzene rings is 2. The van der Waals surface area contributed by atoms with Crippen molar-refractivity contribution >= 4 is 23.1 Å². The number of ketones is 4. The van der Waals surface area contributed by atoms with Gasteiger partial charge in [0.15, 0.2) is 11.6 Å². The van der Waals surface area contributed by atoms with Crippen LogP contribution in [0.4, 0.5) is 0 Å². The van der Waals surface area contributed by atoms with Gasteiger partial charge in [0.25, 0.3) is 0 Å². The van der Waals surface area contributed by atoms with Gasteiger partial charge in [-0.25, -0.2) is 12.1 Å². The maximum absolute atomic E-state index is 10.8. The molecule has 0 aliphatic heterocycles. The molecule has 0 saturated heterocycles. The van der Waals surface area contributed by atoms with E-state index in [9.17, 15) is 19.2 Å². The van der Waals surface area contributed by atoms with Crippen LogP contribution in [0.3, 0.4) is 0 Å². The van der Waals surface area contributed by atoms with Crippen LogP contribution in [0.5, 0.6) is 11.5 Å². The fourth-order valence-electron chi connectivity index (χ4n) is 1.88. The Bertz CT molecular complexity index is 751. The van der Waals surface area contributed by atoms with Crippen LogP contribution < -0.4 is 9.47 Å². The molecule has 2 aromatic rings. The molecule has 0 fully saturated rings. The average molecular weight is 665 g/mol. The van der Waals surface area contributed by atoms with E-state index in [1.54, 1.807) is 50.6 Å². The Morgan fingerprint density at radius 1 is 0.656 bits per heavy atom. The molecule has 0 unspecified atom stereocenters. The van der Waals surface area contributed by atoms with E-state index in [1.165, 1.54) is 27.7 Å². The van der Waals surface area contributed by atoms with Crippen LogP contribution >= 0.6 is 0 Å². The first-order valence-corrected chi connectivity index (χ1v) is 8.72. The van der Waals surface area contributed by atoms with Crippen LogP contribution in [0.15, 0.2) is 36.4 Å². The second-order valence-electron chi connectivity index (χ2n) is 5.98. The number of carbonyl (C=O) groups excluding carboxylic acids is 4. The second-order valence-corrected chi connectivity index (χ2v) is 5.98. The maximum Gasteiger partial charge on any atom is 0.159 e. The summed E-state index contributed by atoms with van der Waals surface area (Å²) in [6, 6.07) is 15.7. The molecule has 2 aromatic carbocycles. The topological polar surface area (TPSA) is 86.7 Å². The third-order valence-corrected chi connectivity index (χ3v) is 3.33. The SMILES string of the molecule is CC(=O)CC(C)=O.CC(=O)c1ccc(C(C)=O)cc1.COc1[c-]cc(OC)[c-]c1.[Y].[Y].[Y]. The third kappa shape index (κ3) is 19.5. The summed E-state index contributed by atoms with van der Waals surface area (Å²) in [7, 11) is 3.18. The molecule has 0 saturated carbocycles. The van der Waals surface area contributed by atoms with Crippen molar-refractivity contribution in [1.82, 2.24) is 0 Å². The van der Waals surface area contributed by atoms with Gasteiger partial charge in [-0.15, -0.1) is 11.5 Å². The summed E-state index contributed by atoms with van der Waals surface area (Å²) >= 11 is 0. The van der Waals surface area contributed by atoms with Gasteiger partial charge in [0.2, 0.25) is 0 Å². The number of Topliss-reactive ketones (excluding diaryl/α,β-unsaturated/α-hetero) is 4. The van der Waals surface area contributed by atoms with Crippen molar-refractivity contribution in [2.45, 2.75) is 34.1 Å². The largest absolute Gasteiger partial charge is 0.579 e. The molecule has 0 heterocycles. The van der Waals surface area contributed by atoms with E-state index in [0.717, 1.165) is 0 Å². The molecule has 9 heteroatoms. The molecular weight excluding hydrogens is 639 g/mol. The summed E-state index contributed by atoms with van der Waals surface area (Å²) in [5.74, 6) is 1.25. The molecule has 165 valence electrons. The van der Waals surface area contributed by atoms with Gasteiger partial charge in [-0.3, -0.25) is 31.3 Å². The third-order valence-electron chi connectivity index (χ3n) is 3.33. The van der Waals surface area contributed by atoms with Gasteiger partial charge in [-0.05, 0) is 27.7 Å². The van der Waals surface area contributed by atoms with Gasteiger partial charge in [-0.2, -0.15) is 0 Å². The maximum atomic E-state index is 10.8. The van der Waals surface area contributed by atoms with Crippen molar-refractivity contribution < 1.29 is 127 Å². The Balaban J connectivity index is -0.000000181. The van der Waals surface area contributed by atoms with Crippen LogP contribution in [0.25, 0.3) is 0 Å². The number of ether oxygens (including phenoxy) is 2. The van der Waals surface area contributed by atoms with Gasteiger partial charge in [0.1, 0.15) is 11.6 Å². The van der Waals surface area contributed by atoms with Crippen molar-refractivity contribution in [2.24, 2.45) is 0 Å². The molecule has 0 N–H and O–H groups in total. The molecule has 3 radical (unpaired) electrons. The molecule has 0 atom stereocenters. The van der Waals surface area contributed by atoms with Crippen LogP contribution in [0.1, 0.15) is 54.8 Å². The summed E-state index contributed by atoms with van der Waals surface area (Å²) in [4.78, 5) is 41.7. The van der Waals surface area contributed by atoms with E-state index in [0.29, 0.717) is 22.6 Å². The predicted molar refractivity (Wildman–Crippen MR) is 110 cm³/mol.